The third kappa shape index (κ3) is 5.93. The Bertz CT molecular complexity index is 551. The molecule has 0 N–H and O–H groups in total. The lowest BCUT2D eigenvalue weighted by atomic mass is 9.96. The Morgan fingerprint density at radius 2 is 1.50 bits per heavy atom. The van der Waals surface area contributed by atoms with Crippen LogP contribution >= 0.6 is 0 Å². The molecule has 0 aliphatic rings. The highest BCUT2D eigenvalue weighted by atomic mass is 16.7. The molecular weight excluding hydrogens is 300 g/mol. The second-order valence-corrected chi connectivity index (χ2v) is 5.44. The minimum Gasteiger partial charge on any atom is -0.382 e. The van der Waals surface area contributed by atoms with Crippen LogP contribution in [0.5, 0.6) is 0 Å². The highest BCUT2D eigenvalue weighted by Gasteiger charge is 2.09. The number of rotatable bonds is 10. The van der Waals surface area contributed by atoms with Gasteiger partial charge in [-0.1, -0.05) is 67.6 Å². The topological polar surface area (TPSA) is 27.7 Å². The number of hydrogen-bond acceptors (Lipinski definition) is 3. The number of hydrogen-bond donors (Lipinski definition) is 0. The zero-order chi connectivity index (χ0) is 17.0. The molecule has 0 saturated carbocycles. The summed E-state index contributed by atoms with van der Waals surface area (Å²) in [6.45, 7) is 3.51. The van der Waals surface area contributed by atoms with E-state index in [1.165, 1.54) is 16.7 Å². The molecule has 0 aliphatic carbocycles. The quantitative estimate of drug-likeness (QED) is 0.474. The van der Waals surface area contributed by atoms with Crippen LogP contribution in [-0.2, 0) is 14.2 Å². The SMILES string of the molecule is CCC(C=C(c1ccccc1)c1ccccc1)OCOCCOC. The normalized spacial score (nSPS) is 11.9. The molecule has 0 bridgehead atoms. The summed E-state index contributed by atoms with van der Waals surface area (Å²) in [5, 5.41) is 0. The molecule has 0 amide bonds. The van der Waals surface area contributed by atoms with Crippen molar-refractivity contribution in [1.82, 2.24) is 0 Å². The van der Waals surface area contributed by atoms with Gasteiger partial charge in [0, 0.05) is 7.11 Å². The Hall–Kier alpha value is -1.94. The molecule has 0 fully saturated rings. The fraction of sp³-hybridized carbons (Fsp3) is 0.333. The lowest BCUT2D eigenvalue weighted by molar-refractivity contribution is -0.0851. The maximum Gasteiger partial charge on any atom is 0.147 e. The predicted molar refractivity (Wildman–Crippen MR) is 97.8 cm³/mol. The first-order chi connectivity index (χ1) is 11.8. The zero-order valence-corrected chi connectivity index (χ0v) is 14.5. The van der Waals surface area contributed by atoms with Gasteiger partial charge in [-0.2, -0.15) is 0 Å². The van der Waals surface area contributed by atoms with E-state index in [0.717, 1.165) is 6.42 Å². The molecule has 1 unspecified atom stereocenters. The maximum absolute atomic E-state index is 5.86. The zero-order valence-electron chi connectivity index (χ0n) is 14.5. The average Bonchev–Trinajstić information content (AvgIpc) is 2.65. The molecule has 0 aromatic heterocycles. The van der Waals surface area contributed by atoms with Gasteiger partial charge in [0.15, 0.2) is 0 Å². The van der Waals surface area contributed by atoms with Gasteiger partial charge in [-0.25, -0.2) is 0 Å². The Kier molecular flexibility index (Phi) is 8.25. The van der Waals surface area contributed by atoms with Crippen LogP contribution in [0.15, 0.2) is 66.7 Å². The van der Waals surface area contributed by atoms with Gasteiger partial charge < -0.3 is 14.2 Å². The number of benzene rings is 2. The monoisotopic (exact) mass is 326 g/mol. The van der Waals surface area contributed by atoms with Crippen LogP contribution in [0.1, 0.15) is 24.5 Å². The van der Waals surface area contributed by atoms with Gasteiger partial charge in [-0.3, -0.25) is 0 Å². The summed E-state index contributed by atoms with van der Waals surface area (Å²) >= 11 is 0. The summed E-state index contributed by atoms with van der Waals surface area (Å²) in [6, 6.07) is 20.8. The third-order valence-electron chi connectivity index (χ3n) is 3.72. The third-order valence-corrected chi connectivity index (χ3v) is 3.72. The molecule has 3 heteroatoms. The van der Waals surface area contributed by atoms with E-state index in [1.54, 1.807) is 7.11 Å². The van der Waals surface area contributed by atoms with Crippen molar-refractivity contribution in [3.8, 4) is 0 Å². The smallest absolute Gasteiger partial charge is 0.147 e. The summed E-state index contributed by atoms with van der Waals surface area (Å²) in [5.41, 5.74) is 3.55. The Balaban J connectivity index is 2.14. The van der Waals surface area contributed by atoms with Crippen molar-refractivity contribution in [1.29, 1.82) is 0 Å². The van der Waals surface area contributed by atoms with Gasteiger partial charge in [0.2, 0.25) is 0 Å². The Labute approximate surface area is 144 Å². The van der Waals surface area contributed by atoms with Gasteiger partial charge in [-0.05, 0) is 29.2 Å². The van der Waals surface area contributed by atoms with Crippen LogP contribution in [0, 0.1) is 0 Å². The van der Waals surface area contributed by atoms with E-state index in [2.05, 4.69) is 61.5 Å². The number of ether oxygens (including phenoxy) is 3. The van der Waals surface area contributed by atoms with Crippen LogP contribution in [0.3, 0.4) is 0 Å². The minimum absolute atomic E-state index is 0.00274. The fourth-order valence-electron chi connectivity index (χ4n) is 2.40. The van der Waals surface area contributed by atoms with E-state index in [9.17, 15) is 0 Å². The van der Waals surface area contributed by atoms with E-state index in [1.807, 2.05) is 12.1 Å². The second kappa shape index (κ2) is 10.8. The van der Waals surface area contributed by atoms with Gasteiger partial charge >= 0.3 is 0 Å². The summed E-state index contributed by atoms with van der Waals surface area (Å²) < 4.78 is 16.2. The molecule has 0 radical (unpaired) electrons. The molecule has 0 heterocycles. The molecule has 128 valence electrons. The number of methoxy groups -OCH3 is 1. The highest BCUT2D eigenvalue weighted by Crippen LogP contribution is 2.24. The maximum atomic E-state index is 5.86. The standard InChI is InChI=1S/C21H26O3/c1-3-20(24-17-23-15-14-22-2)16-21(18-10-6-4-7-11-18)19-12-8-5-9-13-19/h4-13,16,20H,3,14-15,17H2,1-2H3. The first kappa shape index (κ1) is 18.4. The van der Waals surface area contributed by atoms with E-state index >= 15 is 0 Å². The van der Waals surface area contributed by atoms with E-state index in [-0.39, 0.29) is 12.9 Å². The minimum atomic E-state index is 0.00274. The van der Waals surface area contributed by atoms with Crippen molar-refractivity contribution in [2.24, 2.45) is 0 Å². The van der Waals surface area contributed by atoms with Crippen molar-refractivity contribution in [3.63, 3.8) is 0 Å². The van der Waals surface area contributed by atoms with Crippen LogP contribution in [-0.4, -0.2) is 33.2 Å². The molecule has 2 aromatic carbocycles. The molecule has 1 atom stereocenters. The fourth-order valence-corrected chi connectivity index (χ4v) is 2.40. The van der Waals surface area contributed by atoms with Crippen LogP contribution in [0.2, 0.25) is 0 Å². The van der Waals surface area contributed by atoms with Crippen LogP contribution < -0.4 is 0 Å². The molecular formula is C21H26O3. The Morgan fingerprint density at radius 1 is 0.917 bits per heavy atom. The van der Waals surface area contributed by atoms with Gasteiger partial charge in [0.05, 0.1) is 19.3 Å². The van der Waals surface area contributed by atoms with Gasteiger partial charge in [-0.15, -0.1) is 0 Å². The second-order valence-electron chi connectivity index (χ2n) is 5.44. The first-order valence-electron chi connectivity index (χ1n) is 8.36. The molecule has 2 rings (SSSR count). The first-order valence-corrected chi connectivity index (χ1v) is 8.36. The van der Waals surface area contributed by atoms with Crippen molar-refractivity contribution >= 4 is 5.57 Å². The van der Waals surface area contributed by atoms with Crippen LogP contribution in [0.25, 0.3) is 5.57 Å². The van der Waals surface area contributed by atoms with Crippen molar-refractivity contribution < 1.29 is 14.2 Å². The molecule has 0 spiro atoms. The summed E-state index contributed by atoms with van der Waals surface area (Å²) in [5.74, 6) is 0. The van der Waals surface area contributed by atoms with Crippen molar-refractivity contribution in [2.45, 2.75) is 19.4 Å². The van der Waals surface area contributed by atoms with E-state index in [4.69, 9.17) is 14.2 Å². The van der Waals surface area contributed by atoms with Crippen molar-refractivity contribution in [2.75, 3.05) is 27.1 Å². The molecule has 24 heavy (non-hydrogen) atoms. The lowest BCUT2D eigenvalue weighted by Gasteiger charge is -2.16. The van der Waals surface area contributed by atoms with Gasteiger partial charge in [0.25, 0.3) is 0 Å². The highest BCUT2D eigenvalue weighted by molar-refractivity contribution is 5.80. The lowest BCUT2D eigenvalue weighted by Crippen LogP contribution is -2.14. The largest absolute Gasteiger partial charge is 0.382 e. The molecule has 0 aliphatic heterocycles. The average molecular weight is 326 g/mol. The van der Waals surface area contributed by atoms with E-state index < -0.39 is 0 Å². The molecule has 0 saturated heterocycles. The predicted octanol–water partition coefficient (Wildman–Crippen LogP) is 4.53. The Morgan fingerprint density at radius 3 is 2.00 bits per heavy atom. The molecule has 2 aromatic rings. The molecule has 3 nitrogen and oxygen atoms in total. The summed E-state index contributed by atoms with van der Waals surface area (Å²) in [4.78, 5) is 0. The summed E-state index contributed by atoms with van der Waals surface area (Å²) in [6.07, 6.45) is 3.07. The van der Waals surface area contributed by atoms with Crippen LogP contribution in [0.4, 0.5) is 0 Å². The van der Waals surface area contributed by atoms with Crippen molar-refractivity contribution in [3.05, 3.63) is 77.9 Å². The van der Waals surface area contributed by atoms with Gasteiger partial charge in [0.1, 0.15) is 6.79 Å². The summed E-state index contributed by atoms with van der Waals surface area (Å²) in [7, 11) is 1.66. The van der Waals surface area contributed by atoms with E-state index in [0.29, 0.717) is 13.2 Å².